The number of nitrogens with zero attached hydrogens (tertiary/aromatic N) is 1. The number of piperidine rings is 1. The highest BCUT2D eigenvalue weighted by Gasteiger charge is 2.32. The molecule has 24 heavy (non-hydrogen) atoms. The minimum absolute atomic E-state index is 0.0973. The van der Waals surface area contributed by atoms with E-state index in [1.54, 1.807) is 7.11 Å². The SMILES string of the molecule is COc1cc(N)ccc1N1CCC(N[C@@H](C(C)C)C(C)(C)O)CC1. The van der Waals surface area contributed by atoms with Crippen LogP contribution in [0.1, 0.15) is 40.5 Å². The third-order valence-corrected chi connectivity index (χ3v) is 4.88. The Morgan fingerprint density at radius 3 is 2.42 bits per heavy atom. The minimum atomic E-state index is -0.717. The molecule has 1 saturated heterocycles. The Labute approximate surface area is 146 Å². The summed E-state index contributed by atoms with van der Waals surface area (Å²) in [6, 6.07) is 6.36. The molecule has 4 N–H and O–H groups in total. The normalized spacial score (nSPS) is 18.0. The van der Waals surface area contributed by atoms with Gasteiger partial charge in [0.25, 0.3) is 0 Å². The second-order valence-electron chi connectivity index (χ2n) is 7.73. The largest absolute Gasteiger partial charge is 0.495 e. The maximum Gasteiger partial charge on any atom is 0.144 e. The average molecular weight is 335 g/mol. The van der Waals surface area contributed by atoms with Gasteiger partial charge in [0.05, 0.1) is 18.4 Å². The van der Waals surface area contributed by atoms with E-state index in [0.29, 0.717) is 12.0 Å². The van der Waals surface area contributed by atoms with Crippen LogP contribution in [-0.4, -0.2) is 43.0 Å². The molecular formula is C19H33N3O2. The Hall–Kier alpha value is -1.46. The highest BCUT2D eigenvalue weighted by Crippen LogP contribution is 2.32. The van der Waals surface area contributed by atoms with Crippen LogP contribution in [0.3, 0.4) is 0 Å². The lowest BCUT2D eigenvalue weighted by Gasteiger charge is -2.40. The van der Waals surface area contributed by atoms with Crippen LogP contribution in [0.2, 0.25) is 0 Å². The zero-order chi connectivity index (χ0) is 17.9. The third-order valence-electron chi connectivity index (χ3n) is 4.88. The molecule has 0 saturated carbocycles. The van der Waals surface area contributed by atoms with Crippen molar-refractivity contribution in [1.82, 2.24) is 5.32 Å². The molecule has 2 rings (SSSR count). The number of hydrogen-bond acceptors (Lipinski definition) is 5. The summed E-state index contributed by atoms with van der Waals surface area (Å²) < 4.78 is 5.48. The first-order chi connectivity index (χ1) is 11.2. The van der Waals surface area contributed by atoms with Crippen LogP contribution in [0.15, 0.2) is 18.2 Å². The van der Waals surface area contributed by atoms with E-state index in [4.69, 9.17) is 10.5 Å². The number of methoxy groups -OCH3 is 1. The molecular weight excluding hydrogens is 302 g/mol. The van der Waals surface area contributed by atoms with Crippen molar-refractivity contribution in [2.75, 3.05) is 30.8 Å². The molecule has 0 amide bonds. The Morgan fingerprint density at radius 1 is 1.29 bits per heavy atom. The molecule has 1 atom stereocenters. The molecule has 1 aliphatic rings. The summed E-state index contributed by atoms with van der Waals surface area (Å²) in [5.41, 5.74) is 6.95. The van der Waals surface area contributed by atoms with Gasteiger partial charge in [-0.2, -0.15) is 0 Å². The predicted octanol–water partition coefficient (Wildman–Crippen LogP) is 2.63. The van der Waals surface area contributed by atoms with Crippen LogP contribution in [0.25, 0.3) is 0 Å². The van der Waals surface area contributed by atoms with E-state index in [1.165, 1.54) is 0 Å². The first-order valence-corrected chi connectivity index (χ1v) is 8.89. The van der Waals surface area contributed by atoms with Crippen molar-refractivity contribution in [2.24, 2.45) is 5.92 Å². The maximum absolute atomic E-state index is 10.4. The Bertz CT molecular complexity index is 532. The fourth-order valence-electron chi connectivity index (χ4n) is 3.71. The average Bonchev–Trinajstić information content (AvgIpc) is 2.51. The molecule has 0 aliphatic carbocycles. The van der Waals surface area contributed by atoms with Gasteiger partial charge in [0.15, 0.2) is 0 Å². The van der Waals surface area contributed by atoms with E-state index >= 15 is 0 Å². The Morgan fingerprint density at radius 2 is 1.92 bits per heavy atom. The molecule has 1 aromatic carbocycles. The van der Waals surface area contributed by atoms with Gasteiger partial charge in [-0.05, 0) is 44.7 Å². The van der Waals surface area contributed by atoms with Crippen molar-refractivity contribution in [1.29, 1.82) is 0 Å². The summed E-state index contributed by atoms with van der Waals surface area (Å²) in [6.45, 7) is 10.0. The summed E-state index contributed by atoms with van der Waals surface area (Å²) in [5.74, 6) is 1.22. The number of ether oxygens (including phenoxy) is 1. The Kier molecular flexibility index (Phi) is 5.99. The lowest BCUT2D eigenvalue weighted by molar-refractivity contribution is 0.0139. The second-order valence-corrected chi connectivity index (χ2v) is 7.73. The molecule has 0 radical (unpaired) electrons. The van der Waals surface area contributed by atoms with Crippen molar-refractivity contribution in [3.63, 3.8) is 0 Å². The number of rotatable bonds is 6. The monoisotopic (exact) mass is 335 g/mol. The lowest BCUT2D eigenvalue weighted by Crippen LogP contribution is -2.55. The summed E-state index contributed by atoms with van der Waals surface area (Å²) in [7, 11) is 1.68. The van der Waals surface area contributed by atoms with E-state index in [2.05, 4.69) is 24.1 Å². The van der Waals surface area contributed by atoms with Crippen LogP contribution < -0.4 is 20.7 Å². The van der Waals surface area contributed by atoms with Gasteiger partial charge >= 0.3 is 0 Å². The van der Waals surface area contributed by atoms with Gasteiger partial charge in [-0.1, -0.05) is 13.8 Å². The molecule has 1 aromatic rings. The van der Waals surface area contributed by atoms with Gasteiger partial charge in [-0.3, -0.25) is 0 Å². The number of hydrogen-bond donors (Lipinski definition) is 3. The molecule has 5 heteroatoms. The molecule has 1 aliphatic heterocycles. The van der Waals surface area contributed by atoms with E-state index in [1.807, 2.05) is 32.0 Å². The molecule has 136 valence electrons. The van der Waals surface area contributed by atoms with Crippen LogP contribution >= 0.6 is 0 Å². The van der Waals surface area contributed by atoms with Crippen molar-refractivity contribution in [3.8, 4) is 5.75 Å². The number of anilines is 2. The van der Waals surface area contributed by atoms with Crippen LogP contribution in [0.4, 0.5) is 11.4 Å². The number of benzene rings is 1. The van der Waals surface area contributed by atoms with Crippen molar-refractivity contribution >= 4 is 11.4 Å². The summed E-state index contributed by atoms with van der Waals surface area (Å²) in [6.07, 6.45) is 2.10. The zero-order valence-corrected chi connectivity index (χ0v) is 15.7. The highest BCUT2D eigenvalue weighted by molar-refractivity contribution is 5.64. The molecule has 1 fully saturated rings. The van der Waals surface area contributed by atoms with Gasteiger partial charge in [0.1, 0.15) is 5.75 Å². The highest BCUT2D eigenvalue weighted by atomic mass is 16.5. The predicted molar refractivity (Wildman–Crippen MR) is 101 cm³/mol. The van der Waals surface area contributed by atoms with Crippen LogP contribution in [-0.2, 0) is 0 Å². The number of nitrogens with one attached hydrogen (secondary N) is 1. The van der Waals surface area contributed by atoms with E-state index in [9.17, 15) is 5.11 Å². The first kappa shape index (κ1) is 18.9. The second kappa shape index (κ2) is 7.62. The van der Waals surface area contributed by atoms with E-state index < -0.39 is 5.60 Å². The van der Waals surface area contributed by atoms with E-state index in [-0.39, 0.29) is 6.04 Å². The summed E-state index contributed by atoms with van der Waals surface area (Å²) >= 11 is 0. The molecule has 0 bridgehead atoms. The van der Waals surface area contributed by atoms with Crippen molar-refractivity contribution in [3.05, 3.63) is 18.2 Å². The van der Waals surface area contributed by atoms with Crippen molar-refractivity contribution < 1.29 is 9.84 Å². The smallest absolute Gasteiger partial charge is 0.144 e. The fraction of sp³-hybridized carbons (Fsp3) is 0.684. The molecule has 0 spiro atoms. The Balaban J connectivity index is 1.99. The maximum atomic E-state index is 10.4. The van der Waals surface area contributed by atoms with Gasteiger partial charge < -0.3 is 25.8 Å². The number of aliphatic hydroxyl groups is 1. The quantitative estimate of drug-likeness (QED) is 0.697. The number of nitrogens with two attached hydrogens (primary N) is 1. The molecule has 0 aromatic heterocycles. The lowest BCUT2D eigenvalue weighted by atomic mass is 9.87. The molecule has 5 nitrogen and oxygen atoms in total. The first-order valence-electron chi connectivity index (χ1n) is 8.89. The topological polar surface area (TPSA) is 70.8 Å². The van der Waals surface area contributed by atoms with Crippen LogP contribution in [0.5, 0.6) is 5.75 Å². The van der Waals surface area contributed by atoms with Gasteiger partial charge in [-0.15, -0.1) is 0 Å². The van der Waals surface area contributed by atoms with Gasteiger partial charge in [0.2, 0.25) is 0 Å². The van der Waals surface area contributed by atoms with E-state index in [0.717, 1.165) is 43.1 Å². The van der Waals surface area contributed by atoms with Crippen molar-refractivity contribution in [2.45, 2.75) is 58.2 Å². The minimum Gasteiger partial charge on any atom is -0.495 e. The van der Waals surface area contributed by atoms with Crippen LogP contribution in [0, 0.1) is 5.92 Å². The zero-order valence-electron chi connectivity index (χ0n) is 15.7. The summed E-state index contributed by atoms with van der Waals surface area (Å²) in [4.78, 5) is 2.35. The summed E-state index contributed by atoms with van der Waals surface area (Å²) in [5, 5.41) is 14.1. The third kappa shape index (κ3) is 4.54. The fourth-order valence-corrected chi connectivity index (χ4v) is 3.71. The van der Waals surface area contributed by atoms with Gasteiger partial charge in [-0.25, -0.2) is 0 Å². The molecule has 0 unspecified atom stereocenters. The number of nitrogen functional groups attached to an aromatic ring is 1. The molecule has 1 heterocycles. The standard InChI is InChI=1S/C19H33N3O2/c1-13(2)18(19(3,4)23)21-15-8-10-22(11-9-15)16-7-6-14(20)12-17(16)24-5/h6-7,12-13,15,18,21,23H,8-11,20H2,1-5H3/t18-/m0/s1. The van der Waals surface area contributed by atoms with Gasteiger partial charge in [0, 0.05) is 36.9 Å².